The molecular weight excluding hydrogens is 218 g/mol. The van der Waals surface area contributed by atoms with E-state index in [1.165, 1.54) is 6.33 Å². The maximum absolute atomic E-state index is 11.7. The zero-order chi connectivity index (χ0) is 12.1. The van der Waals surface area contributed by atoms with Crippen LogP contribution < -0.4 is 5.32 Å². The van der Waals surface area contributed by atoms with Crippen molar-refractivity contribution in [1.82, 2.24) is 20.5 Å². The van der Waals surface area contributed by atoms with Gasteiger partial charge < -0.3 is 5.32 Å². The summed E-state index contributed by atoms with van der Waals surface area (Å²) in [5.74, 6) is 0.373. The summed E-state index contributed by atoms with van der Waals surface area (Å²) < 4.78 is 0. The molecule has 0 aliphatic heterocycles. The first kappa shape index (κ1) is 10.8. The number of benzene rings is 1. The molecule has 17 heavy (non-hydrogen) atoms. The van der Waals surface area contributed by atoms with Gasteiger partial charge in [0, 0.05) is 5.56 Å². The molecule has 2 aromatic rings. The highest BCUT2D eigenvalue weighted by atomic mass is 16.1. The highest BCUT2D eigenvalue weighted by molar-refractivity contribution is 5.94. The number of hydrogen-bond donors (Lipinski definition) is 2. The Morgan fingerprint density at radius 2 is 2.18 bits per heavy atom. The Morgan fingerprint density at radius 1 is 1.41 bits per heavy atom. The molecule has 1 aromatic heterocycles. The number of aromatic nitrogens is 3. The van der Waals surface area contributed by atoms with Gasteiger partial charge in [0.1, 0.15) is 12.2 Å². The van der Waals surface area contributed by atoms with E-state index in [1.54, 1.807) is 24.3 Å². The molecule has 0 saturated heterocycles. The predicted octanol–water partition coefficient (Wildman–Crippen LogP) is 0.606. The zero-order valence-electron chi connectivity index (χ0n) is 8.84. The number of nitrogens with one attached hydrogen (secondary N) is 2. The van der Waals surface area contributed by atoms with E-state index in [0.29, 0.717) is 23.5 Å². The van der Waals surface area contributed by atoms with Gasteiger partial charge in [0.15, 0.2) is 0 Å². The van der Waals surface area contributed by atoms with Gasteiger partial charge in [-0.15, -0.1) is 0 Å². The first-order chi connectivity index (χ1) is 8.29. The van der Waals surface area contributed by atoms with Crippen molar-refractivity contribution in [3.05, 3.63) is 47.5 Å². The first-order valence-electron chi connectivity index (χ1n) is 4.92. The molecule has 0 unspecified atom stereocenters. The van der Waals surface area contributed by atoms with Crippen molar-refractivity contribution in [1.29, 1.82) is 5.26 Å². The van der Waals surface area contributed by atoms with E-state index in [0.717, 1.165) is 0 Å². The summed E-state index contributed by atoms with van der Waals surface area (Å²) in [6, 6.07) is 8.40. The number of hydrogen-bond acceptors (Lipinski definition) is 4. The number of amides is 1. The molecule has 0 spiro atoms. The van der Waals surface area contributed by atoms with Crippen LogP contribution >= 0.6 is 0 Å². The van der Waals surface area contributed by atoms with E-state index in [2.05, 4.69) is 20.5 Å². The minimum atomic E-state index is -0.217. The summed E-state index contributed by atoms with van der Waals surface area (Å²) in [7, 11) is 0. The largest absolute Gasteiger partial charge is 0.345 e. The fraction of sp³-hybridized carbons (Fsp3) is 0.0909. The minimum Gasteiger partial charge on any atom is -0.345 e. The number of carbonyl (C=O) groups is 1. The number of nitrogens with zero attached hydrogens (tertiary/aromatic N) is 3. The van der Waals surface area contributed by atoms with Crippen LogP contribution in [-0.2, 0) is 6.54 Å². The molecule has 2 rings (SSSR count). The molecule has 0 radical (unpaired) electrons. The Morgan fingerprint density at radius 3 is 2.76 bits per heavy atom. The van der Waals surface area contributed by atoms with E-state index < -0.39 is 0 Å². The molecule has 1 heterocycles. The molecule has 0 fully saturated rings. The average Bonchev–Trinajstić information content (AvgIpc) is 2.89. The van der Waals surface area contributed by atoms with Crippen LogP contribution in [0.25, 0.3) is 0 Å². The zero-order valence-corrected chi connectivity index (χ0v) is 8.84. The monoisotopic (exact) mass is 227 g/mol. The second kappa shape index (κ2) is 4.90. The van der Waals surface area contributed by atoms with Crippen LogP contribution in [0, 0.1) is 11.3 Å². The van der Waals surface area contributed by atoms with Crippen LogP contribution in [0.4, 0.5) is 0 Å². The van der Waals surface area contributed by atoms with Crippen molar-refractivity contribution >= 4 is 5.91 Å². The third-order valence-corrected chi connectivity index (χ3v) is 2.16. The lowest BCUT2D eigenvalue weighted by atomic mass is 10.1. The normalized spacial score (nSPS) is 9.59. The van der Waals surface area contributed by atoms with Gasteiger partial charge in [0.25, 0.3) is 5.91 Å². The SMILES string of the molecule is N#Cc1ccc(C(=O)NCc2ncn[nH]2)cc1. The maximum Gasteiger partial charge on any atom is 0.251 e. The number of rotatable bonds is 3. The second-order valence-electron chi connectivity index (χ2n) is 3.30. The van der Waals surface area contributed by atoms with Crippen molar-refractivity contribution in [2.75, 3.05) is 0 Å². The van der Waals surface area contributed by atoms with Gasteiger partial charge >= 0.3 is 0 Å². The van der Waals surface area contributed by atoms with Crippen molar-refractivity contribution in [2.24, 2.45) is 0 Å². The third-order valence-electron chi connectivity index (χ3n) is 2.16. The van der Waals surface area contributed by atoms with E-state index in [-0.39, 0.29) is 5.91 Å². The molecular formula is C11H9N5O. The summed E-state index contributed by atoms with van der Waals surface area (Å²) in [4.78, 5) is 15.6. The molecule has 0 atom stereocenters. The summed E-state index contributed by atoms with van der Waals surface area (Å²) in [5, 5.41) is 17.6. The Labute approximate surface area is 97.3 Å². The lowest BCUT2D eigenvalue weighted by Crippen LogP contribution is -2.23. The lowest BCUT2D eigenvalue weighted by molar-refractivity contribution is 0.0950. The summed E-state index contributed by atoms with van der Waals surface area (Å²) >= 11 is 0. The van der Waals surface area contributed by atoms with Crippen molar-refractivity contribution in [2.45, 2.75) is 6.54 Å². The standard InChI is InChI=1S/C11H9N5O/c12-5-8-1-3-9(4-2-8)11(17)13-6-10-14-7-15-16-10/h1-4,7H,6H2,(H,13,17)(H,14,15,16). The summed E-state index contributed by atoms with van der Waals surface area (Å²) in [5.41, 5.74) is 1.03. The molecule has 6 nitrogen and oxygen atoms in total. The van der Waals surface area contributed by atoms with Gasteiger partial charge in [-0.05, 0) is 24.3 Å². The third kappa shape index (κ3) is 2.66. The van der Waals surface area contributed by atoms with Gasteiger partial charge in [-0.2, -0.15) is 10.4 Å². The topological polar surface area (TPSA) is 94.5 Å². The van der Waals surface area contributed by atoms with Gasteiger partial charge in [0.05, 0.1) is 18.2 Å². The van der Waals surface area contributed by atoms with E-state index in [1.807, 2.05) is 6.07 Å². The number of carbonyl (C=O) groups excluding carboxylic acids is 1. The summed E-state index contributed by atoms with van der Waals surface area (Å²) in [6.45, 7) is 0.291. The van der Waals surface area contributed by atoms with Crippen LogP contribution in [0.3, 0.4) is 0 Å². The molecule has 0 aliphatic rings. The maximum atomic E-state index is 11.7. The lowest BCUT2D eigenvalue weighted by Gasteiger charge is -2.02. The Balaban J connectivity index is 1.97. The van der Waals surface area contributed by atoms with Crippen LogP contribution in [0.1, 0.15) is 21.7 Å². The van der Waals surface area contributed by atoms with Crippen LogP contribution in [0.2, 0.25) is 0 Å². The molecule has 1 aromatic carbocycles. The Kier molecular flexibility index (Phi) is 3.12. The minimum absolute atomic E-state index is 0.217. The van der Waals surface area contributed by atoms with Gasteiger partial charge in [-0.1, -0.05) is 0 Å². The second-order valence-corrected chi connectivity index (χ2v) is 3.30. The Hall–Kier alpha value is -2.68. The molecule has 1 amide bonds. The van der Waals surface area contributed by atoms with E-state index in [9.17, 15) is 4.79 Å². The highest BCUT2D eigenvalue weighted by Gasteiger charge is 2.05. The average molecular weight is 227 g/mol. The molecule has 84 valence electrons. The van der Waals surface area contributed by atoms with Crippen LogP contribution in [0.5, 0.6) is 0 Å². The highest BCUT2D eigenvalue weighted by Crippen LogP contribution is 2.03. The van der Waals surface area contributed by atoms with Crippen molar-refractivity contribution < 1.29 is 4.79 Å². The molecule has 0 aliphatic carbocycles. The Bertz CT molecular complexity index is 538. The smallest absolute Gasteiger partial charge is 0.251 e. The van der Waals surface area contributed by atoms with E-state index in [4.69, 9.17) is 5.26 Å². The quantitative estimate of drug-likeness (QED) is 0.803. The molecule has 0 saturated carbocycles. The predicted molar refractivity (Wildman–Crippen MR) is 58.7 cm³/mol. The number of nitriles is 1. The van der Waals surface area contributed by atoms with Crippen LogP contribution in [0.15, 0.2) is 30.6 Å². The van der Waals surface area contributed by atoms with Crippen molar-refractivity contribution in [3.63, 3.8) is 0 Å². The van der Waals surface area contributed by atoms with E-state index >= 15 is 0 Å². The number of H-pyrrole nitrogens is 1. The fourth-order valence-corrected chi connectivity index (χ4v) is 1.28. The molecule has 6 heteroatoms. The summed E-state index contributed by atoms with van der Waals surface area (Å²) in [6.07, 6.45) is 1.38. The molecule has 0 bridgehead atoms. The fourth-order valence-electron chi connectivity index (χ4n) is 1.28. The number of aromatic amines is 1. The van der Waals surface area contributed by atoms with Crippen LogP contribution in [-0.4, -0.2) is 21.1 Å². The van der Waals surface area contributed by atoms with Gasteiger partial charge in [0.2, 0.25) is 0 Å². The van der Waals surface area contributed by atoms with Crippen molar-refractivity contribution in [3.8, 4) is 6.07 Å². The molecule has 2 N–H and O–H groups in total. The first-order valence-corrected chi connectivity index (χ1v) is 4.92. The van der Waals surface area contributed by atoms with Gasteiger partial charge in [-0.3, -0.25) is 9.89 Å². The van der Waals surface area contributed by atoms with Gasteiger partial charge in [-0.25, -0.2) is 4.98 Å².